The van der Waals surface area contributed by atoms with Gasteiger partial charge in [-0.15, -0.1) is 0 Å². The van der Waals surface area contributed by atoms with Crippen LogP contribution < -0.4 is 5.32 Å². The van der Waals surface area contributed by atoms with E-state index in [-0.39, 0.29) is 0 Å². The number of nitrogens with one attached hydrogen (secondary N) is 1. The fourth-order valence-corrected chi connectivity index (χ4v) is 3.11. The van der Waals surface area contributed by atoms with Gasteiger partial charge in [0.2, 0.25) is 0 Å². The van der Waals surface area contributed by atoms with E-state index in [0.29, 0.717) is 0 Å². The Morgan fingerprint density at radius 2 is 2.00 bits per heavy atom. The number of hydrogen-bond donors (Lipinski definition) is 1. The van der Waals surface area contributed by atoms with Crippen LogP contribution in [0.1, 0.15) is 39.0 Å². The molecule has 1 N–H and O–H groups in total. The predicted octanol–water partition coefficient (Wildman–Crippen LogP) is 2.10. The first kappa shape index (κ1) is 11.4. The van der Waals surface area contributed by atoms with Crippen LogP contribution in [0, 0.1) is 11.8 Å². The van der Waals surface area contributed by atoms with Gasteiger partial charge in [-0.25, -0.2) is 0 Å². The predicted molar refractivity (Wildman–Crippen MR) is 65.0 cm³/mol. The van der Waals surface area contributed by atoms with Crippen molar-refractivity contribution in [3.63, 3.8) is 0 Å². The van der Waals surface area contributed by atoms with Gasteiger partial charge >= 0.3 is 0 Å². The summed E-state index contributed by atoms with van der Waals surface area (Å²) in [6.45, 7) is 3.70. The van der Waals surface area contributed by atoms with E-state index in [1.807, 2.05) is 0 Å². The first-order valence-electron chi connectivity index (χ1n) is 6.60. The highest BCUT2D eigenvalue weighted by molar-refractivity contribution is 4.88. The fraction of sp³-hybridized carbons (Fsp3) is 1.00. The molecule has 88 valence electrons. The van der Waals surface area contributed by atoms with Crippen LogP contribution in [-0.4, -0.2) is 37.6 Å². The lowest BCUT2D eigenvalue weighted by atomic mass is 10.0. The van der Waals surface area contributed by atoms with Crippen molar-refractivity contribution in [3.05, 3.63) is 0 Å². The minimum absolute atomic E-state index is 0.777. The molecule has 2 aliphatic carbocycles. The number of rotatable bonds is 5. The van der Waals surface area contributed by atoms with E-state index in [1.165, 1.54) is 38.6 Å². The Morgan fingerprint density at radius 1 is 1.27 bits per heavy atom. The molecule has 2 saturated carbocycles. The number of nitrogens with zero attached hydrogens (tertiary/aromatic N) is 1. The van der Waals surface area contributed by atoms with Crippen LogP contribution in [-0.2, 0) is 0 Å². The molecule has 0 aromatic heterocycles. The molecular weight excluding hydrogens is 184 g/mol. The van der Waals surface area contributed by atoms with E-state index in [2.05, 4.69) is 31.2 Å². The van der Waals surface area contributed by atoms with Crippen molar-refractivity contribution >= 4 is 0 Å². The topological polar surface area (TPSA) is 15.3 Å². The second kappa shape index (κ2) is 4.84. The SMILES string of the molecule is CNC1CCCC1CN(C)C(C)C1CC1. The summed E-state index contributed by atoms with van der Waals surface area (Å²) >= 11 is 0. The summed E-state index contributed by atoms with van der Waals surface area (Å²) in [5.74, 6) is 1.89. The van der Waals surface area contributed by atoms with Gasteiger partial charge in [-0.05, 0) is 58.5 Å². The van der Waals surface area contributed by atoms with Gasteiger partial charge in [-0.1, -0.05) is 6.42 Å². The van der Waals surface area contributed by atoms with Crippen molar-refractivity contribution in [2.75, 3.05) is 20.6 Å². The Labute approximate surface area is 94.4 Å². The summed E-state index contributed by atoms with van der Waals surface area (Å²) in [6, 6.07) is 1.59. The summed E-state index contributed by atoms with van der Waals surface area (Å²) in [5.41, 5.74) is 0. The molecule has 2 fully saturated rings. The van der Waals surface area contributed by atoms with E-state index in [9.17, 15) is 0 Å². The monoisotopic (exact) mass is 210 g/mol. The molecule has 2 nitrogen and oxygen atoms in total. The summed E-state index contributed by atoms with van der Waals surface area (Å²) in [6.07, 6.45) is 7.15. The van der Waals surface area contributed by atoms with Gasteiger partial charge in [0.15, 0.2) is 0 Å². The zero-order chi connectivity index (χ0) is 10.8. The molecule has 0 aromatic carbocycles. The molecule has 3 unspecified atom stereocenters. The molecule has 3 atom stereocenters. The average molecular weight is 210 g/mol. The van der Waals surface area contributed by atoms with Gasteiger partial charge < -0.3 is 10.2 Å². The zero-order valence-corrected chi connectivity index (χ0v) is 10.5. The Bertz CT molecular complexity index is 201. The van der Waals surface area contributed by atoms with Crippen molar-refractivity contribution < 1.29 is 0 Å². The van der Waals surface area contributed by atoms with Crippen LogP contribution in [0.5, 0.6) is 0 Å². The van der Waals surface area contributed by atoms with Crippen molar-refractivity contribution in [2.45, 2.75) is 51.1 Å². The van der Waals surface area contributed by atoms with Gasteiger partial charge in [0.05, 0.1) is 0 Å². The quantitative estimate of drug-likeness (QED) is 0.747. The van der Waals surface area contributed by atoms with E-state index < -0.39 is 0 Å². The molecule has 2 heteroatoms. The van der Waals surface area contributed by atoms with Crippen molar-refractivity contribution in [1.82, 2.24) is 10.2 Å². The molecule has 15 heavy (non-hydrogen) atoms. The number of hydrogen-bond acceptors (Lipinski definition) is 2. The van der Waals surface area contributed by atoms with Crippen molar-refractivity contribution in [1.29, 1.82) is 0 Å². The van der Waals surface area contributed by atoms with E-state index in [1.54, 1.807) is 0 Å². The van der Waals surface area contributed by atoms with Gasteiger partial charge in [0.25, 0.3) is 0 Å². The maximum atomic E-state index is 3.48. The maximum absolute atomic E-state index is 3.48. The maximum Gasteiger partial charge on any atom is 0.0104 e. The lowest BCUT2D eigenvalue weighted by Gasteiger charge is -2.30. The standard InChI is InChI=1S/C13H26N2/c1-10(11-7-8-11)15(3)9-12-5-4-6-13(12)14-2/h10-14H,4-9H2,1-3H3. The van der Waals surface area contributed by atoms with Crippen LogP contribution in [0.3, 0.4) is 0 Å². The molecule has 0 aliphatic heterocycles. The summed E-state index contributed by atoms with van der Waals surface area (Å²) in [7, 11) is 4.43. The smallest absolute Gasteiger partial charge is 0.0104 e. The van der Waals surface area contributed by atoms with Gasteiger partial charge in [-0.2, -0.15) is 0 Å². The lowest BCUT2D eigenvalue weighted by Crippen LogP contribution is -2.40. The molecule has 0 heterocycles. The molecule has 0 spiro atoms. The molecule has 0 radical (unpaired) electrons. The third kappa shape index (κ3) is 2.73. The van der Waals surface area contributed by atoms with Crippen molar-refractivity contribution in [3.8, 4) is 0 Å². The fourth-order valence-electron chi connectivity index (χ4n) is 3.11. The average Bonchev–Trinajstić information content (AvgIpc) is 2.99. The molecular formula is C13H26N2. The molecule has 0 amide bonds. The molecule has 0 bridgehead atoms. The van der Waals surface area contributed by atoms with Crippen LogP contribution in [0.2, 0.25) is 0 Å². The second-order valence-electron chi connectivity index (χ2n) is 5.60. The highest BCUT2D eigenvalue weighted by Crippen LogP contribution is 2.35. The van der Waals surface area contributed by atoms with Crippen LogP contribution >= 0.6 is 0 Å². The third-order valence-electron chi connectivity index (χ3n) is 4.55. The van der Waals surface area contributed by atoms with E-state index in [0.717, 1.165) is 23.9 Å². The van der Waals surface area contributed by atoms with Gasteiger partial charge in [0.1, 0.15) is 0 Å². The van der Waals surface area contributed by atoms with E-state index in [4.69, 9.17) is 0 Å². The largest absolute Gasteiger partial charge is 0.317 e. The second-order valence-corrected chi connectivity index (χ2v) is 5.60. The summed E-state index contributed by atoms with van der Waals surface area (Å²) < 4.78 is 0. The summed E-state index contributed by atoms with van der Waals surface area (Å²) in [5, 5.41) is 3.48. The summed E-state index contributed by atoms with van der Waals surface area (Å²) in [4.78, 5) is 2.60. The minimum Gasteiger partial charge on any atom is -0.317 e. The molecule has 0 saturated heterocycles. The van der Waals surface area contributed by atoms with Gasteiger partial charge in [0, 0.05) is 18.6 Å². The Kier molecular flexibility index (Phi) is 3.68. The molecule has 2 rings (SSSR count). The Hall–Kier alpha value is -0.0800. The Morgan fingerprint density at radius 3 is 2.60 bits per heavy atom. The molecule has 2 aliphatic rings. The minimum atomic E-state index is 0.777. The first-order valence-corrected chi connectivity index (χ1v) is 6.60. The normalized spacial score (nSPS) is 33.6. The zero-order valence-electron chi connectivity index (χ0n) is 10.5. The van der Waals surface area contributed by atoms with Crippen LogP contribution in [0.4, 0.5) is 0 Å². The Balaban J connectivity index is 1.79. The lowest BCUT2D eigenvalue weighted by molar-refractivity contribution is 0.189. The van der Waals surface area contributed by atoms with Crippen LogP contribution in [0.25, 0.3) is 0 Å². The van der Waals surface area contributed by atoms with E-state index >= 15 is 0 Å². The molecule has 0 aromatic rings. The van der Waals surface area contributed by atoms with Crippen LogP contribution in [0.15, 0.2) is 0 Å². The highest BCUT2D eigenvalue weighted by atomic mass is 15.1. The first-order chi connectivity index (χ1) is 7.22. The van der Waals surface area contributed by atoms with Crippen molar-refractivity contribution in [2.24, 2.45) is 11.8 Å². The third-order valence-corrected chi connectivity index (χ3v) is 4.55. The van der Waals surface area contributed by atoms with Gasteiger partial charge in [-0.3, -0.25) is 0 Å². The highest BCUT2D eigenvalue weighted by Gasteiger charge is 2.33.